The maximum Gasteiger partial charge on any atom is 0.265 e. The molecular weight excluding hydrogens is 244 g/mol. The van der Waals surface area contributed by atoms with E-state index in [0.717, 1.165) is 38.2 Å². The van der Waals surface area contributed by atoms with Crippen LogP contribution in [0.15, 0.2) is 24.3 Å². The van der Waals surface area contributed by atoms with Gasteiger partial charge < -0.3 is 9.47 Å². The van der Waals surface area contributed by atoms with Crippen molar-refractivity contribution < 1.29 is 14.3 Å². The lowest BCUT2D eigenvalue weighted by Crippen LogP contribution is -2.30. The van der Waals surface area contributed by atoms with Crippen molar-refractivity contribution >= 4 is 5.91 Å². The molecule has 0 atom stereocenters. The van der Waals surface area contributed by atoms with E-state index in [1.54, 1.807) is 12.1 Å². The van der Waals surface area contributed by atoms with E-state index in [4.69, 9.17) is 15.3 Å². The minimum Gasteiger partial charge on any atom is -0.381 e. The number of ether oxygens (including phenoxy) is 2. The van der Waals surface area contributed by atoms with E-state index >= 15 is 0 Å². The second-order valence-electron chi connectivity index (χ2n) is 4.74. The summed E-state index contributed by atoms with van der Waals surface area (Å²) in [5.41, 5.74) is 3.65. The first-order valence-electron chi connectivity index (χ1n) is 6.55. The van der Waals surface area contributed by atoms with Crippen LogP contribution in [0.4, 0.5) is 0 Å². The molecule has 19 heavy (non-hydrogen) atoms. The fourth-order valence-electron chi connectivity index (χ4n) is 2.14. The quantitative estimate of drug-likeness (QED) is 0.476. The number of nitrogens with one attached hydrogen (secondary N) is 1. The molecule has 1 amide bonds. The molecule has 1 saturated heterocycles. The second-order valence-corrected chi connectivity index (χ2v) is 4.74. The average molecular weight is 264 g/mol. The molecule has 0 unspecified atom stereocenters. The highest BCUT2D eigenvalue weighted by atomic mass is 16.5. The highest BCUT2D eigenvalue weighted by Gasteiger charge is 2.13. The van der Waals surface area contributed by atoms with Crippen molar-refractivity contribution in [3.63, 3.8) is 0 Å². The summed E-state index contributed by atoms with van der Waals surface area (Å²) in [5.74, 6) is 5.41. The van der Waals surface area contributed by atoms with Gasteiger partial charge in [0.2, 0.25) is 0 Å². The molecule has 1 heterocycles. The number of carbonyl (C=O) groups excluding carboxylic acids is 1. The van der Waals surface area contributed by atoms with Gasteiger partial charge >= 0.3 is 0 Å². The van der Waals surface area contributed by atoms with Gasteiger partial charge in [0.25, 0.3) is 5.91 Å². The van der Waals surface area contributed by atoms with Crippen molar-refractivity contribution in [1.82, 2.24) is 5.43 Å². The molecule has 0 saturated carbocycles. The number of amides is 1. The lowest BCUT2D eigenvalue weighted by atomic mass is 10.0. The van der Waals surface area contributed by atoms with Gasteiger partial charge in [0.05, 0.1) is 13.2 Å². The van der Waals surface area contributed by atoms with Gasteiger partial charge in [-0.1, -0.05) is 12.1 Å². The lowest BCUT2D eigenvalue weighted by Gasteiger charge is -2.21. The Balaban J connectivity index is 1.80. The normalized spacial score (nSPS) is 16.3. The van der Waals surface area contributed by atoms with Crippen LogP contribution in [0.3, 0.4) is 0 Å². The van der Waals surface area contributed by atoms with Crippen LogP contribution in [0.2, 0.25) is 0 Å². The molecule has 0 bridgehead atoms. The standard InChI is InChI=1S/C14H20N2O3/c15-16-14(17)13-3-1-2-12(8-13)10-19-9-11-4-6-18-7-5-11/h1-3,8,11H,4-7,9-10,15H2,(H,16,17). The predicted octanol–water partition coefficient (Wildman–Crippen LogP) is 1.23. The van der Waals surface area contributed by atoms with Gasteiger partial charge in [0, 0.05) is 18.8 Å². The van der Waals surface area contributed by atoms with Gasteiger partial charge in [-0.25, -0.2) is 5.84 Å². The summed E-state index contributed by atoms with van der Waals surface area (Å²) < 4.78 is 11.0. The maximum atomic E-state index is 11.4. The third kappa shape index (κ3) is 4.31. The molecule has 1 aromatic carbocycles. The fraction of sp³-hybridized carbons (Fsp3) is 0.500. The first-order valence-corrected chi connectivity index (χ1v) is 6.55. The molecule has 1 aromatic rings. The molecule has 5 heteroatoms. The summed E-state index contributed by atoms with van der Waals surface area (Å²) in [4.78, 5) is 11.4. The third-order valence-electron chi connectivity index (χ3n) is 3.28. The van der Waals surface area contributed by atoms with Crippen molar-refractivity contribution in [1.29, 1.82) is 0 Å². The maximum absolute atomic E-state index is 11.4. The van der Waals surface area contributed by atoms with Gasteiger partial charge in [-0.15, -0.1) is 0 Å². The van der Waals surface area contributed by atoms with Gasteiger partial charge in [-0.05, 0) is 36.5 Å². The number of nitrogen functional groups attached to an aromatic ring is 1. The Morgan fingerprint density at radius 2 is 2.21 bits per heavy atom. The van der Waals surface area contributed by atoms with Crippen LogP contribution < -0.4 is 11.3 Å². The zero-order valence-electron chi connectivity index (χ0n) is 10.9. The molecule has 0 aliphatic carbocycles. The van der Waals surface area contributed by atoms with Crippen molar-refractivity contribution in [2.75, 3.05) is 19.8 Å². The number of benzene rings is 1. The second kappa shape index (κ2) is 7.23. The van der Waals surface area contributed by atoms with E-state index in [1.165, 1.54) is 0 Å². The Bertz CT molecular complexity index is 417. The summed E-state index contributed by atoms with van der Waals surface area (Å²) in [6, 6.07) is 7.30. The summed E-state index contributed by atoms with van der Waals surface area (Å²) in [6.07, 6.45) is 2.13. The molecule has 1 aliphatic rings. The van der Waals surface area contributed by atoms with E-state index < -0.39 is 0 Å². The summed E-state index contributed by atoms with van der Waals surface area (Å²) in [7, 11) is 0. The predicted molar refractivity (Wildman–Crippen MR) is 71.3 cm³/mol. The summed E-state index contributed by atoms with van der Waals surface area (Å²) >= 11 is 0. The van der Waals surface area contributed by atoms with E-state index in [-0.39, 0.29) is 5.91 Å². The van der Waals surface area contributed by atoms with Crippen LogP contribution in [0.1, 0.15) is 28.8 Å². The monoisotopic (exact) mass is 264 g/mol. The van der Waals surface area contributed by atoms with Crippen molar-refractivity contribution in [2.24, 2.45) is 11.8 Å². The smallest absolute Gasteiger partial charge is 0.265 e. The van der Waals surface area contributed by atoms with E-state index in [0.29, 0.717) is 18.1 Å². The Kier molecular flexibility index (Phi) is 5.32. The number of hydrogen-bond acceptors (Lipinski definition) is 4. The van der Waals surface area contributed by atoms with E-state index in [9.17, 15) is 4.79 Å². The third-order valence-corrected chi connectivity index (χ3v) is 3.28. The molecule has 0 spiro atoms. The highest BCUT2D eigenvalue weighted by Crippen LogP contribution is 2.15. The van der Waals surface area contributed by atoms with E-state index in [1.807, 2.05) is 12.1 Å². The van der Waals surface area contributed by atoms with E-state index in [2.05, 4.69) is 5.43 Å². The molecular formula is C14H20N2O3. The van der Waals surface area contributed by atoms with Gasteiger partial charge in [0.1, 0.15) is 0 Å². The average Bonchev–Trinajstić information content (AvgIpc) is 2.48. The molecule has 104 valence electrons. The number of hydrogen-bond donors (Lipinski definition) is 2. The number of nitrogens with two attached hydrogens (primary N) is 1. The van der Waals surface area contributed by atoms with Crippen LogP contribution in [0.5, 0.6) is 0 Å². The van der Waals surface area contributed by atoms with Crippen LogP contribution in [0.25, 0.3) is 0 Å². The summed E-state index contributed by atoms with van der Waals surface area (Å²) in [6.45, 7) is 2.93. The van der Waals surface area contributed by atoms with Crippen molar-refractivity contribution in [2.45, 2.75) is 19.4 Å². The van der Waals surface area contributed by atoms with Crippen LogP contribution in [-0.2, 0) is 16.1 Å². The highest BCUT2D eigenvalue weighted by molar-refractivity contribution is 5.93. The Hall–Kier alpha value is -1.43. The number of rotatable bonds is 5. The number of carbonyl (C=O) groups is 1. The van der Waals surface area contributed by atoms with Gasteiger partial charge in [-0.2, -0.15) is 0 Å². The van der Waals surface area contributed by atoms with Gasteiger partial charge in [0.15, 0.2) is 0 Å². The Morgan fingerprint density at radius 1 is 1.42 bits per heavy atom. The van der Waals surface area contributed by atoms with Crippen molar-refractivity contribution in [3.8, 4) is 0 Å². The largest absolute Gasteiger partial charge is 0.381 e. The first-order chi connectivity index (χ1) is 9.29. The van der Waals surface area contributed by atoms with Crippen LogP contribution in [-0.4, -0.2) is 25.7 Å². The zero-order chi connectivity index (χ0) is 13.5. The molecule has 1 fully saturated rings. The molecule has 1 aliphatic heterocycles. The summed E-state index contributed by atoms with van der Waals surface area (Å²) in [5, 5.41) is 0. The lowest BCUT2D eigenvalue weighted by molar-refractivity contribution is 0.0157. The van der Waals surface area contributed by atoms with Crippen molar-refractivity contribution in [3.05, 3.63) is 35.4 Å². The molecule has 5 nitrogen and oxygen atoms in total. The first kappa shape index (κ1) is 14.0. The number of hydrazine groups is 1. The minimum absolute atomic E-state index is 0.286. The van der Waals surface area contributed by atoms with Gasteiger partial charge in [-0.3, -0.25) is 10.2 Å². The Labute approximate surface area is 113 Å². The van der Waals surface area contributed by atoms with Crippen LogP contribution in [0, 0.1) is 5.92 Å². The molecule has 2 rings (SSSR count). The Morgan fingerprint density at radius 3 is 2.95 bits per heavy atom. The molecule has 3 N–H and O–H groups in total. The SMILES string of the molecule is NNC(=O)c1cccc(COCC2CCOCC2)c1. The van der Waals surface area contributed by atoms with Crippen LogP contribution >= 0.6 is 0 Å². The topological polar surface area (TPSA) is 73.6 Å². The minimum atomic E-state index is -0.286. The zero-order valence-corrected chi connectivity index (χ0v) is 10.9. The molecule has 0 aromatic heterocycles. The fourth-order valence-corrected chi connectivity index (χ4v) is 2.14. The molecule has 0 radical (unpaired) electrons.